The molecule has 0 bridgehead atoms. The fourth-order valence-electron chi connectivity index (χ4n) is 4.12. The first kappa shape index (κ1) is 24.1. The molecule has 1 atom stereocenters. The van der Waals surface area contributed by atoms with Gasteiger partial charge in [0.25, 0.3) is 11.7 Å². The van der Waals surface area contributed by atoms with Gasteiger partial charge in [-0.15, -0.1) is 0 Å². The highest BCUT2D eigenvalue weighted by molar-refractivity contribution is 6.46. The Morgan fingerprint density at radius 1 is 1.14 bits per heavy atom. The number of aromatic nitrogens is 1. The molecule has 7 heteroatoms. The largest absolute Gasteiger partial charge is 0.507 e. The minimum Gasteiger partial charge on any atom is -0.507 e. The van der Waals surface area contributed by atoms with E-state index >= 15 is 0 Å². The Hall–Kier alpha value is -4.00. The van der Waals surface area contributed by atoms with E-state index in [0.717, 1.165) is 5.56 Å². The molecule has 2 aromatic carbocycles. The van der Waals surface area contributed by atoms with Gasteiger partial charge in [-0.25, -0.2) is 4.39 Å². The summed E-state index contributed by atoms with van der Waals surface area (Å²) >= 11 is 0. The number of carbonyl (C=O) groups excluding carboxylic acids is 2. The molecule has 0 saturated carbocycles. The number of hydrogen-bond donors (Lipinski definition) is 1. The number of nitrogens with zero attached hydrogens (tertiary/aromatic N) is 2. The number of benzene rings is 2. The van der Waals surface area contributed by atoms with Crippen LogP contribution in [0.15, 0.2) is 72.6 Å². The summed E-state index contributed by atoms with van der Waals surface area (Å²) in [5.74, 6) is -1.24. The summed E-state index contributed by atoms with van der Waals surface area (Å²) in [5, 5.41) is 11.3. The summed E-state index contributed by atoms with van der Waals surface area (Å²) in [7, 11) is 0. The fourth-order valence-corrected chi connectivity index (χ4v) is 4.12. The lowest BCUT2D eigenvalue weighted by Gasteiger charge is -2.25. The van der Waals surface area contributed by atoms with E-state index < -0.39 is 23.5 Å². The van der Waals surface area contributed by atoms with Gasteiger partial charge in [-0.2, -0.15) is 0 Å². The summed E-state index contributed by atoms with van der Waals surface area (Å²) in [6.45, 7) is 6.56. The van der Waals surface area contributed by atoms with Crippen molar-refractivity contribution in [2.24, 2.45) is 5.92 Å². The van der Waals surface area contributed by atoms with Crippen molar-refractivity contribution >= 4 is 17.4 Å². The van der Waals surface area contributed by atoms with Crippen LogP contribution in [0.25, 0.3) is 5.76 Å². The number of hydrogen-bond acceptors (Lipinski definition) is 5. The molecular formula is C28H27FN2O4. The van der Waals surface area contributed by atoms with Gasteiger partial charge < -0.3 is 14.7 Å². The first-order chi connectivity index (χ1) is 16.8. The number of rotatable bonds is 7. The van der Waals surface area contributed by atoms with Crippen LogP contribution in [-0.2, 0) is 16.1 Å². The van der Waals surface area contributed by atoms with Crippen LogP contribution in [0.1, 0.15) is 42.1 Å². The third-order valence-corrected chi connectivity index (χ3v) is 5.84. The zero-order valence-corrected chi connectivity index (χ0v) is 19.9. The van der Waals surface area contributed by atoms with Crippen LogP contribution in [-0.4, -0.2) is 33.3 Å². The van der Waals surface area contributed by atoms with Crippen LogP contribution in [0.2, 0.25) is 0 Å². The molecule has 2 heterocycles. The first-order valence-electron chi connectivity index (χ1n) is 11.4. The monoisotopic (exact) mass is 474 g/mol. The number of amides is 1. The SMILES string of the molecule is Cc1cc(OCC(C)C)ccc1/C(O)=C1\C(=O)C(=O)N(Cc2cccnc2)[C@@H]1c1ccc(F)cc1. The lowest BCUT2D eigenvalue weighted by Crippen LogP contribution is -2.29. The summed E-state index contributed by atoms with van der Waals surface area (Å²) < 4.78 is 19.4. The van der Waals surface area contributed by atoms with Gasteiger partial charge in [0, 0.05) is 24.5 Å². The number of aliphatic hydroxyl groups excluding tert-OH is 1. The van der Waals surface area contributed by atoms with E-state index in [0.29, 0.717) is 35.0 Å². The minimum absolute atomic E-state index is 0.0375. The predicted molar refractivity (Wildman–Crippen MR) is 130 cm³/mol. The molecule has 6 nitrogen and oxygen atoms in total. The predicted octanol–water partition coefficient (Wildman–Crippen LogP) is 5.19. The topological polar surface area (TPSA) is 79.7 Å². The summed E-state index contributed by atoms with van der Waals surface area (Å²) in [5.41, 5.74) is 2.33. The van der Waals surface area contributed by atoms with E-state index in [1.54, 1.807) is 49.6 Å². The number of aryl methyl sites for hydroxylation is 1. The van der Waals surface area contributed by atoms with Crippen molar-refractivity contribution in [1.29, 1.82) is 0 Å². The molecule has 4 rings (SSSR count). The van der Waals surface area contributed by atoms with Crippen molar-refractivity contribution in [2.75, 3.05) is 6.61 Å². The molecule has 1 fully saturated rings. The third-order valence-electron chi connectivity index (χ3n) is 5.84. The van der Waals surface area contributed by atoms with Gasteiger partial charge in [-0.1, -0.05) is 32.0 Å². The molecule has 0 spiro atoms. The third kappa shape index (κ3) is 5.09. The van der Waals surface area contributed by atoms with Gasteiger partial charge in [0.05, 0.1) is 18.2 Å². The lowest BCUT2D eigenvalue weighted by molar-refractivity contribution is -0.140. The van der Waals surface area contributed by atoms with Gasteiger partial charge in [0.15, 0.2) is 0 Å². The number of likely N-dealkylation sites (tertiary alicyclic amines) is 1. The van der Waals surface area contributed by atoms with Gasteiger partial charge in [0.2, 0.25) is 0 Å². The van der Waals surface area contributed by atoms with Gasteiger partial charge >= 0.3 is 0 Å². The number of Topliss-reactive ketones (excluding diaryl/α,β-unsaturated/α-hetero) is 1. The first-order valence-corrected chi connectivity index (χ1v) is 11.4. The van der Waals surface area contributed by atoms with Crippen molar-refractivity contribution in [3.8, 4) is 5.75 Å². The summed E-state index contributed by atoms with van der Waals surface area (Å²) in [6, 6.07) is 13.4. The molecular weight excluding hydrogens is 447 g/mol. The number of carbonyl (C=O) groups is 2. The maximum Gasteiger partial charge on any atom is 0.295 e. The standard InChI is InChI=1S/C28H27FN2O4/c1-17(2)16-35-22-10-11-23(18(3)13-22)26(32)24-25(20-6-8-21(29)9-7-20)31(28(34)27(24)33)15-19-5-4-12-30-14-19/h4-14,17,25,32H,15-16H2,1-3H3/b26-24+/t25-/m1/s1. The fraction of sp³-hybridized carbons (Fsp3) is 0.250. The van der Waals surface area contributed by atoms with Crippen molar-refractivity contribution in [3.63, 3.8) is 0 Å². The van der Waals surface area contributed by atoms with Crippen molar-refractivity contribution in [3.05, 3.63) is 101 Å². The number of ether oxygens (including phenoxy) is 1. The molecule has 0 unspecified atom stereocenters. The Morgan fingerprint density at radius 3 is 2.51 bits per heavy atom. The molecule has 0 radical (unpaired) electrons. The minimum atomic E-state index is -0.882. The van der Waals surface area contributed by atoms with Gasteiger partial charge in [-0.05, 0) is 65.9 Å². The molecule has 35 heavy (non-hydrogen) atoms. The second-order valence-corrected chi connectivity index (χ2v) is 9.02. The number of halogens is 1. The van der Waals surface area contributed by atoms with Crippen molar-refractivity contribution in [2.45, 2.75) is 33.4 Å². The van der Waals surface area contributed by atoms with Crippen molar-refractivity contribution in [1.82, 2.24) is 9.88 Å². The van der Waals surface area contributed by atoms with Crippen molar-refractivity contribution < 1.29 is 23.8 Å². The van der Waals surface area contributed by atoms with E-state index in [1.165, 1.54) is 29.2 Å². The Morgan fingerprint density at radius 2 is 1.89 bits per heavy atom. The van der Waals surface area contributed by atoms with Crippen LogP contribution < -0.4 is 4.74 Å². The molecule has 1 amide bonds. The highest BCUT2D eigenvalue weighted by Gasteiger charge is 2.46. The Labute approximate surface area is 203 Å². The number of ketones is 1. The summed E-state index contributed by atoms with van der Waals surface area (Å²) in [6.07, 6.45) is 3.23. The second kappa shape index (κ2) is 10.1. The number of pyridine rings is 1. The lowest BCUT2D eigenvalue weighted by atomic mass is 9.93. The molecule has 0 aliphatic carbocycles. The average Bonchev–Trinajstić information content (AvgIpc) is 3.08. The maximum atomic E-state index is 13.7. The Balaban J connectivity index is 1.79. The Bertz CT molecular complexity index is 1270. The molecule has 180 valence electrons. The maximum absolute atomic E-state index is 13.7. The van der Waals surface area contributed by atoms with E-state index in [-0.39, 0.29) is 17.9 Å². The highest BCUT2D eigenvalue weighted by Crippen LogP contribution is 2.41. The van der Waals surface area contributed by atoms with Gasteiger partial charge in [-0.3, -0.25) is 14.6 Å². The normalized spacial score (nSPS) is 17.3. The molecule has 1 saturated heterocycles. The zero-order chi connectivity index (χ0) is 25.1. The molecule has 1 aliphatic rings. The van der Waals surface area contributed by atoms with E-state index in [2.05, 4.69) is 4.98 Å². The van der Waals surface area contributed by atoms with E-state index in [1.807, 2.05) is 13.8 Å². The second-order valence-electron chi connectivity index (χ2n) is 9.02. The van der Waals surface area contributed by atoms with Crippen LogP contribution in [0.4, 0.5) is 4.39 Å². The summed E-state index contributed by atoms with van der Waals surface area (Å²) in [4.78, 5) is 31.8. The van der Waals surface area contributed by atoms with Crippen LogP contribution in [0, 0.1) is 18.7 Å². The smallest absolute Gasteiger partial charge is 0.295 e. The molecule has 1 aromatic heterocycles. The molecule has 1 aliphatic heterocycles. The molecule has 1 N–H and O–H groups in total. The van der Waals surface area contributed by atoms with Crippen LogP contribution in [0.5, 0.6) is 5.75 Å². The van der Waals surface area contributed by atoms with E-state index in [9.17, 15) is 19.1 Å². The number of aliphatic hydroxyl groups is 1. The van der Waals surface area contributed by atoms with E-state index in [4.69, 9.17) is 4.74 Å². The molecule has 3 aromatic rings. The average molecular weight is 475 g/mol. The van der Waals surface area contributed by atoms with Crippen LogP contribution >= 0.6 is 0 Å². The Kier molecular flexibility index (Phi) is 6.96. The van der Waals surface area contributed by atoms with Gasteiger partial charge in [0.1, 0.15) is 17.3 Å². The zero-order valence-electron chi connectivity index (χ0n) is 19.9. The highest BCUT2D eigenvalue weighted by atomic mass is 19.1. The van der Waals surface area contributed by atoms with Crippen LogP contribution in [0.3, 0.4) is 0 Å². The quantitative estimate of drug-likeness (QED) is 0.290.